The molecule has 0 aliphatic heterocycles. The van der Waals surface area contributed by atoms with Crippen LogP contribution in [0.25, 0.3) is 0 Å². The number of nitrogens with two attached hydrogens (primary N) is 1. The summed E-state index contributed by atoms with van der Waals surface area (Å²) >= 11 is 9.35. The molecule has 0 atom stereocenters. The number of hydrogen-bond acceptors (Lipinski definition) is 3. The van der Waals surface area contributed by atoms with Crippen LogP contribution in [0.2, 0.25) is 5.02 Å². The molecule has 1 aromatic heterocycles. The zero-order chi connectivity index (χ0) is 14.0. The lowest BCUT2D eigenvalue weighted by atomic mass is 10.2. The number of nitrogens with one attached hydrogen (secondary N) is 1. The van der Waals surface area contributed by atoms with E-state index in [1.54, 1.807) is 0 Å². The molecule has 0 radical (unpaired) electrons. The van der Waals surface area contributed by atoms with Crippen LogP contribution in [0.4, 0.5) is 11.5 Å². The lowest BCUT2D eigenvalue weighted by Gasteiger charge is -2.10. The van der Waals surface area contributed by atoms with Crippen molar-refractivity contribution < 1.29 is 4.79 Å². The molecule has 1 amide bonds. The summed E-state index contributed by atoms with van der Waals surface area (Å²) in [5, 5.41) is 3.06. The van der Waals surface area contributed by atoms with Gasteiger partial charge in [-0.15, -0.1) is 0 Å². The summed E-state index contributed by atoms with van der Waals surface area (Å²) < 4.78 is 0.922. The number of halogens is 2. The Morgan fingerprint density at radius 2 is 2.21 bits per heavy atom. The maximum absolute atomic E-state index is 12.2. The van der Waals surface area contributed by atoms with Gasteiger partial charge in [-0.25, -0.2) is 4.98 Å². The molecule has 1 heterocycles. The van der Waals surface area contributed by atoms with Crippen molar-refractivity contribution in [2.24, 2.45) is 0 Å². The minimum atomic E-state index is -0.319. The molecule has 0 aliphatic rings. The highest BCUT2D eigenvalue weighted by molar-refractivity contribution is 9.10. The molecular formula is C13H11BrClN3O. The maximum atomic E-state index is 12.2. The van der Waals surface area contributed by atoms with E-state index in [9.17, 15) is 4.79 Å². The minimum absolute atomic E-state index is 0.250. The molecule has 2 aromatic rings. The zero-order valence-electron chi connectivity index (χ0n) is 10.1. The van der Waals surface area contributed by atoms with E-state index in [1.807, 2.05) is 25.1 Å². The number of hydrogen-bond donors (Lipinski definition) is 2. The van der Waals surface area contributed by atoms with Crippen LogP contribution in [0.1, 0.15) is 15.9 Å². The average Bonchev–Trinajstić information content (AvgIpc) is 2.38. The van der Waals surface area contributed by atoms with Crippen LogP contribution in [0.3, 0.4) is 0 Å². The first kappa shape index (κ1) is 13.8. The molecule has 0 spiro atoms. The zero-order valence-corrected chi connectivity index (χ0v) is 12.4. The molecule has 0 fully saturated rings. The second-order valence-electron chi connectivity index (χ2n) is 3.96. The number of aromatic nitrogens is 1. The van der Waals surface area contributed by atoms with Gasteiger partial charge in [-0.05, 0) is 30.7 Å². The SMILES string of the molecule is Cc1c(Br)cccc1NC(=O)c1cc(N)ncc1Cl. The first-order valence-corrected chi connectivity index (χ1v) is 6.63. The van der Waals surface area contributed by atoms with Crippen LogP contribution in [-0.2, 0) is 0 Å². The van der Waals surface area contributed by atoms with E-state index in [1.165, 1.54) is 12.3 Å². The van der Waals surface area contributed by atoms with Crippen molar-refractivity contribution in [2.75, 3.05) is 11.1 Å². The smallest absolute Gasteiger partial charge is 0.257 e. The fraction of sp³-hybridized carbons (Fsp3) is 0.0769. The monoisotopic (exact) mass is 339 g/mol. The Labute approximate surface area is 124 Å². The van der Waals surface area contributed by atoms with Crippen LogP contribution in [0.5, 0.6) is 0 Å². The van der Waals surface area contributed by atoms with E-state index >= 15 is 0 Å². The number of amides is 1. The molecule has 6 heteroatoms. The molecule has 3 N–H and O–H groups in total. The minimum Gasteiger partial charge on any atom is -0.384 e. The third-order valence-corrected chi connectivity index (χ3v) is 3.80. The van der Waals surface area contributed by atoms with Crippen LogP contribution in [0, 0.1) is 6.92 Å². The van der Waals surface area contributed by atoms with Crippen LogP contribution >= 0.6 is 27.5 Å². The fourth-order valence-corrected chi connectivity index (χ4v) is 2.12. The topological polar surface area (TPSA) is 68.0 Å². The number of anilines is 2. The third kappa shape index (κ3) is 3.05. The number of nitrogens with zero attached hydrogens (tertiary/aromatic N) is 1. The molecule has 1 aromatic carbocycles. The van der Waals surface area contributed by atoms with Gasteiger partial charge in [-0.2, -0.15) is 0 Å². The molecule has 0 aliphatic carbocycles. The molecule has 0 bridgehead atoms. The van der Waals surface area contributed by atoms with E-state index in [0.29, 0.717) is 11.3 Å². The highest BCUT2D eigenvalue weighted by Gasteiger charge is 2.13. The Morgan fingerprint density at radius 1 is 1.47 bits per heavy atom. The van der Waals surface area contributed by atoms with E-state index < -0.39 is 0 Å². The number of nitrogen functional groups attached to an aromatic ring is 1. The van der Waals surface area contributed by atoms with Gasteiger partial charge in [-0.1, -0.05) is 33.6 Å². The molecular weight excluding hydrogens is 330 g/mol. The molecule has 0 unspecified atom stereocenters. The second-order valence-corrected chi connectivity index (χ2v) is 5.22. The number of benzene rings is 1. The average molecular weight is 341 g/mol. The molecule has 4 nitrogen and oxygen atoms in total. The summed E-state index contributed by atoms with van der Waals surface area (Å²) in [6, 6.07) is 7.01. The first-order valence-electron chi connectivity index (χ1n) is 5.46. The lowest BCUT2D eigenvalue weighted by molar-refractivity contribution is 0.102. The standard InChI is InChI=1S/C13H11BrClN3O/c1-7-9(14)3-2-4-11(7)18-13(19)8-5-12(16)17-6-10(8)15/h2-6H,1H3,(H2,16,17)(H,18,19). The lowest BCUT2D eigenvalue weighted by Crippen LogP contribution is -2.14. The summed E-state index contributed by atoms with van der Waals surface area (Å²) in [5.74, 6) is -0.0687. The van der Waals surface area contributed by atoms with Crippen molar-refractivity contribution in [3.05, 3.63) is 51.1 Å². The quantitative estimate of drug-likeness (QED) is 0.877. The van der Waals surface area contributed by atoms with Gasteiger partial charge in [0, 0.05) is 16.4 Å². The summed E-state index contributed by atoms with van der Waals surface area (Å²) in [6.45, 7) is 1.90. The van der Waals surface area contributed by atoms with Gasteiger partial charge in [0.25, 0.3) is 5.91 Å². The van der Waals surface area contributed by atoms with E-state index in [0.717, 1.165) is 10.0 Å². The van der Waals surface area contributed by atoms with Crippen LogP contribution in [0.15, 0.2) is 34.9 Å². The van der Waals surface area contributed by atoms with Gasteiger partial charge in [0.2, 0.25) is 0 Å². The van der Waals surface area contributed by atoms with Crippen molar-refractivity contribution in [1.82, 2.24) is 4.98 Å². The Hall–Kier alpha value is -1.59. The highest BCUT2D eigenvalue weighted by Crippen LogP contribution is 2.25. The molecule has 0 saturated carbocycles. The van der Waals surface area contributed by atoms with Gasteiger partial charge in [0.15, 0.2) is 0 Å². The third-order valence-electron chi connectivity index (χ3n) is 2.64. The van der Waals surface area contributed by atoms with E-state index in [4.69, 9.17) is 17.3 Å². The second kappa shape index (κ2) is 5.59. The van der Waals surface area contributed by atoms with Crippen molar-refractivity contribution in [1.29, 1.82) is 0 Å². The molecule has 2 rings (SSSR count). The van der Waals surface area contributed by atoms with E-state index in [-0.39, 0.29) is 16.7 Å². The Balaban J connectivity index is 2.31. The molecule has 19 heavy (non-hydrogen) atoms. The summed E-state index contributed by atoms with van der Waals surface area (Å²) in [7, 11) is 0. The van der Waals surface area contributed by atoms with Crippen LogP contribution < -0.4 is 11.1 Å². The molecule has 98 valence electrons. The van der Waals surface area contributed by atoms with Gasteiger partial charge >= 0.3 is 0 Å². The predicted molar refractivity (Wildman–Crippen MR) is 80.5 cm³/mol. The van der Waals surface area contributed by atoms with Crippen molar-refractivity contribution in [3.63, 3.8) is 0 Å². The van der Waals surface area contributed by atoms with Crippen molar-refractivity contribution in [3.8, 4) is 0 Å². The Kier molecular flexibility index (Phi) is 4.07. The largest absolute Gasteiger partial charge is 0.384 e. The van der Waals surface area contributed by atoms with Gasteiger partial charge < -0.3 is 11.1 Å². The predicted octanol–water partition coefficient (Wildman–Crippen LogP) is 3.64. The van der Waals surface area contributed by atoms with Gasteiger partial charge in [0.1, 0.15) is 5.82 Å². The van der Waals surface area contributed by atoms with Crippen molar-refractivity contribution >= 4 is 44.9 Å². The number of rotatable bonds is 2. The normalized spacial score (nSPS) is 10.3. The Morgan fingerprint density at radius 3 is 2.95 bits per heavy atom. The maximum Gasteiger partial charge on any atom is 0.257 e. The highest BCUT2D eigenvalue weighted by atomic mass is 79.9. The number of pyridine rings is 1. The fourth-order valence-electron chi connectivity index (χ4n) is 1.56. The first-order chi connectivity index (χ1) is 8.99. The summed E-state index contributed by atoms with van der Waals surface area (Å²) in [5.41, 5.74) is 7.51. The van der Waals surface area contributed by atoms with Gasteiger partial charge in [0.05, 0.1) is 10.6 Å². The van der Waals surface area contributed by atoms with Crippen LogP contribution in [-0.4, -0.2) is 10.9 Å². The number of carbonyl (C=O) groups is 1. The Bertz CT molecular complexity index is 646. The van der Waals surface area contributed by atoms with Crippen molar-refractivity contribution in [2.45, 2.75) is 6.92 Å². The van der Waals surface area contributed by atoms with E-state index in [2.05, 4.69) is 26.2 Å². The molecule has 0 saturated heterocycles. The van der Waals surface area contributed by atoms with Gasteiger partial charge in [-0.3, -0.25) is 4.79 Å². The summed E-state index contributed by atoms with van der Waals surface area (Å²) in [4.78, 5) is 16.0. The number of carbonyl (C=O) groups excluding carboxylic acids is 1. The summed E-state index contributed by atoms with van der Waals surface area (Å²) in [6.07, 6.45) is 1.36.